The molecule has 134 valence electrons. The summed E-state index contributed by atoms with van der Waals surface area (Å²) >= 11 is 6.23. The van der Waals surface area contributed by atoms with Gasteiger partial charge >= 0.3 is 0 Å². The maximum Gasteiger partial charge on any atom is 0.261 e. The number of thiazole rings is 1. The summed E-state index contributed by atoms with van der Waals surface area (Å²) in [5.74, 6) is -0.204. The van der Waals surface area contributed by atoms with Gasteiger partial charge in [-0.3, -0.25) is 9.59 Å². The molecule has 2 amide bonds. The van der Waals surface area contributed by atoms with Crippen LogP contribution in [0.5, 0.6) is 0 Å². The number of amides is 2. The lowest BCUT2D eigenvalue weighted by Gasteiger charge is -2.04. The van der Waals surface area contributed by atoms with Crippen molar-refractivity contribution in [1.29, 1.82) is 0 Å². The topological polar surface area (TPSA) is 71.1 Å². The second-order valence-corrected chi connectivity index (χ2v) is 8.15. The van der Waals surface area contributed by atoms with Gasteiger partial charge < -0.3 is 10.6 Å². The van der Waals surface area contributed by atoms with E-state index in [1.807, 2.05) is 41.1 Å². The highest BCUT2D eigenvalue weighted by atomic mass is 79.9. The molecule has 3 aromatic rings. The predicted octanol–water partition coefficient (Wildman–Crippen LogP) is 4.78. The minimum Gasteiger partial charge on any atom is -0.351 e. The summed E-state index contributed by atoms with van der Waals surface area (Å²) in [6, 6.07) is 11.5. The average Bonchev–Trinajstić information content (AvgIpc) is 3.30. The van der Waals surface area contributed by atoms with E-state index in [-0.39, 0.29) is 11.8 Å². The van der Waals surface area contributed by atoms with Gasteiger partial charge in [0.1, 0.15) is 0 Å². The van der Waals surface area contributed by atoms with Crippen molar-refractivity contribution < 1.29 is 9.59 Å². The van der Waals surface area contributed by atoms with E-state index in [0.29, 0.717) is 29.4 Å². The van der Waals surface area contributed by atoms with Crippen LogP contribution in [0.25, 0.3) is 11.3 Å². The summed E-state index contributed by atoms with van der Waals surface area (Å²) in [5.41, 5.74) is 1.82. The molecule has 2 aromatic heterocycles. The average molecular weight is 450 g/mol. The van der Waals surface area contributed by atoms with Gasteiger partial charge in [0.2, 0.25) is 5.91 Å². The quantitative estimate of drug-likeness (QED) is 0.509. The third kappa shape index (κ3) is 5.23. The van der Waals surface area contributed by atoms with Gasteiger partial charge in [0.05, 0.1) is 10.6 Å². The molecular weight excluding hydrogens is 434 g/mol. The molecule has 0 unspecified atom stereocenters. The molecule has 0 aliphatic heterocycles. The molecule has 0 fully saturated rings. The summed E-state index contributed by atoms with van der Waals surface area (Å²) < 4.78 is 0.984. The normalized spacial score (nSPS) is 10.5. The summed E-state index contributed by atoms with van der Waals surface area (Å²) in [7, 11) is 0. The Morgan fingerprint density at radius 1 is 1.15 bits per heavy atom. The molecule has 2 heterocycles. The lowest BCUT2D eigenvalue weighted by Crippen LogP contribution is -2.24. The van der Waals surface area contributed by atoms with Crippen LogP contribution in [0.15, 0.2) is 51.6 Å². The number of aromatic nitrogens is 1. The Balaban J connectivity index is 1.43. The Morgan fingerprint density at radius 2 is 2.04 bits per heavy atom. The van der Waals surface area contributed by atoms with Crippen molar-refractivity contribution in [2.24, 2.45) is 0 Å². The van der Waals surface area contributed by atoms with E-state index in [9.17, 15) is 9.59 Å². The SMILES string of the molecule is O=C(CCCNC(=O)c1cccs1)Nc1nc(-c2cccc(Br)c2)cs1. The van der Waals surface area contributed by atoms with Crippen molar-refractivity contribution in [1.82, 2.24) is 10.3 Å². The van der Waals surface area contributed by atoms with Gasteiger partial charge in [-0.05, 0) is 30.0 Å². The van der Waals surface area contributed by atoms with Crippen LogP contribution < -0.4 is 10.6 Å². The van der Waals surface area contributed by atoms with E-state index in [2.05, 4.69) is 31.5 Å². The van der Waals surface area contributed by atoms with Gasteiger partial charge in [0.25, 0.3) is 5.91 Å². The highest BCUT2D eigenvalue weighted by Crippen LogP contribution is 2.26. The number of carbonyl (C=O) groups is 2. The van der Waals surface area contributed by atoms with E-state index in [1.54, 1.807) is 6.07 Å². The third-order valence-electron chi connectivity index (χ3n) is 3.48. The monoisotopic (exact) mass is 449 g/mol. The van der Waals surface area contributed by atoms with Crippen LogP contribution in [0.2, 0.25) is 0 Å². The molecule has 1 aromatic carbocycles. The van der Waals surface area contributed by atoms with Crippen molar-refractivity contribution in [3.63, 3.8) is 0 Å². The molecule has 0 radical (unpaired) electrons. The Bertz CT molecular complexity index is 893. The van der Waals surface area contributed by atoms with E-state index in [4.69, 9.17) is 0 Å². The van der Waals surface area contributed by atoms with Gasteiger partial charge in [0, 0.05) is 28.4 Å². The maximum atomic E-state index is 12.0. The van der Waals surface area contributed by atoms with Crippen molar-refractivity contribution >= 4 is 55.5 Å². The van der Waals surface area contributed by atoms with Gasteiger partial charge in [-0.15, -0.1) is 22.7 Å². The lowest BCUT2D eigenvalue weighted by atomic mass is 10.2. The molecule has 8 heteroatoms. The first-order valence-electron chi connectivity index (χ1n) is 7.95. The fraction of sp³-hybridized carbons (Fsp3) is 0.167. The summed E-state index contributed by atoms with van der Waals surface area (Å²) in [5, 5.41) is 9.97. The molecule has 0 spiro atoms. The number of carbonyl (C=O) groups excluding carboxylic acids is 2. The Labute approximate surface area is 167 Å². The number of benzene rings is 1. The van der Waals surface area contributed by atoms with Crippen LogP contribution in [0.4, 0.5) is 5.13 Å². The van der Waals surface area contributed by atoms with E-state index >= 15 is 0 Å². The van der Waals surface area contributed by atoms with Gasteiger partial charge in [-0.1, -0.05) is 34.1 Å². The zero-order chi connectivity index (χ0) is 18.4. The number of thiophene rings is 1. The third-order valence-corrected chi connectivity index (χ3v) is 5.60. The zero-order valence-corrected chi connectivity index (χ0v) is 16.9. The van der Waals surface area contributed by atoms with Crippen molar-refractivity contribution in [3.8, 4) is 11.3 Å². The van der Waals surface area contributed by atoms with Crippen molar-refractivity contribution in [2.45, 2.75) is 12.8 Å². The van der Waals surface area contributed by atoms with Crippen LogP contribution in [-0.4, -0.2) is 23.3 Å². The van der Waals surface area contributed by atoms with E-state index in [0.717, 1.165) is 15.7 Å². The smallest absolute Gasteiger partial charge is 0.261 e. The first-order chi connectivity index (χ1) is 12.6. The second kappa shape index (κ2) is 9.07. The fourth-order valence-electron chi connectivity index (χ4n) is 2.24. The number of rotatable bonds is 7. The Morgan fingerprint density at radius 3 is 2.81 bits per heavy atom. The maximum absolute atomic E-state index is 12.0. The number of nitrogens with zero attached hydrogens (tertiary/aromatic N) is 1. The zero-order valence-electron chi connectivity index (χ0n) is 13.7. The minimum absolute atomic E-state index is 0.0982. The molecule has 2 N–H and O–H groups in total. The summed E-state index contributed by atoms with van der Waals surface area (Å²) in [6.07, 6.45) is 0.906. The second-order valence-electron chi connectivity index (χ2n) is 5.43. The fourth-order valence-corrected chi connectivity index (χ4v) is 4.01. The number of anilines is 1. The predicted molar refractivity (Wildman–Crippen MR) is 110 cm³/mol. The molecule has 0 aliphatic carbocycles. The molecule has 0 saturated carbocycles. The lowest BCUT2D eigenvalue weighted by molar-refractivity contribution is -0.116. The molecule has 3 rings (SSSR count). The Hall–Kier alpha value is -2.03. The molecule has 5 nitrogen and oxygen atoms in total. The first-order valence-corrected chi connectivity index (χ1v) is 10.5. The molecule has 26 heavy (non-hydrogen) atoms. The van der Waals surface area contributed by atoms with Gasteiger partial charge in [0.15, 0.2) is 5.13 Å². The molecular formula is C18H16BrN3O2S2. The van der Waals surface area contributed by atoms with E-state index in [1.165, 1.54) is 22.7 Å². The minimum atomic E-state index is -0.106. The highest BCUT2D eigenvalue weighted by Gasteiger charge is 2.09. The molecule has 0 bridgehead atoms. The van der Waals surface area contributed by atoms with Crippen molar-refractivity contribution in [2.75, 3.05) is 11.9 Å². The number of halogens is 1. The standard InChI is InChI=1S/C18H16BrN3O2S2/c19-13-5-1-4-12(10-13)14-11-26-18(21-14)22-16(23)7-2-8-20-17(24)15-6-3-9-25-15/h1,3-6,9-11H,2,7-8H2,(H,20,24)(H,21,22,23). The molecule has 0 saturated heterocycles. The number of nitrogens with one attached hydrogen (secondary N) is 2. The number of hydrogen-bond donors (Lipinski definition) is 2. The summed E-state index contributed by atoms with van der Waals surface area (Å²) in [6.45, 7) is 0.464. The van der Waals surface area contributed by atoms with E-state index < -0.39 is 0 Å². The van der Waals surface area contributed by atoms with Crippen LogP contribution in [0.1, 0.15) is 22.5 Å². The largest absolute Gasteiger partial charge is 0.351 e. The van der Waals surface area contributed by atoms with Crippen LogP contribution in [-0.2, 0) is 4.79 Å². The molecule has 0 aliphatic rings. The highest BCUT2D eigenvalue weighted by molar-refractivity contribution is 9.10. The van der Waals surface area contributed by atoms with Crippen LogP contribution >= 0.6 is 38.6 Å². The first kappa shape index (κ1) is 18.8. The van der Waals surface area contributed by atoms with Crippen molar-refractivity contribution in [3.05, 3.63) is 56.5 Å². The number of hydrogen-bond acceptors (Lipinski definition) is 5. The van der Waals surface area contributed by atoms with Gasteiger partial charge in [-0.25, -0.2) is 4.98 Å². The van der Waals surface area contributed by atoms with Crippen LogP contribution in [0.3, 0.4) is 0 Å². The van der Waals surface area contributed by atoms with Gasteiger partial charge in [-0.2, -0.15) is 0 Å². The summed E-state index contributed by atoms with van der Waals surface area (Å²) in [4.78, 5) is 28.9. The Kier molecular flexibility index (Phi) is 6.54. The molecule has 0 atom stereocenters. The van der Waals surface area contributed by atoms with Crippen LogP contribution in [0, 0.1) is 0 Å².